The molecule has 0 aliphatic rings. The highest BCUT2D eigenvalue weighted by Crippen LogP contribution is 2.23. The number of amides is 1. The lowest BCUT2D eigenvalue weighted by atomic mass is 10.2. The van der Waals surface area contributed by atoms with E-state index >= 15 is 0 Å². The van der Waals surface area contributed by atoms with Crippen LogP contribution < -0.4 is 5.32 Å². The van der Waals surface area contributed by atoms with Crippen molar-refractivity contribution in [2.75, 3.05) is 7.11 Å². The van der Waals surface area contributed by atoms with E-state index in [0.717, 1.165) is 5.56 Å². The lowest BCUT2D eigenvalue weighted by Crippen LogP contribution is -2.19. The molecule has 24 heavy (non-hydrogen) atoms. The normalized spacial score (nSPS) is 10.8. The zero-order valence-corrected chi connectivity index (χ0v) is 14.6. The number of halogens is 2. The van der Waals surface area contributed by atoms with Crippen molar-refractivity contribution in [1.29, 1.82) is 0 Å². The van der Waals surface area contributed by atoms with Crippen LogP contribution in [0.4, 0.5) is 0 Å². The van der Waals surface area contributed by atoms with Crippen LogP contribution in [0.1, 0.15) is 27.4 Å². The summed E-state index contributed by atoms with van der Waals surface area (Å²) in [4.78, 5) is 23.3. The van der Waals surface area contributed by atoms with Gasteiger partial charge < -0.3 is 14.5 Å². The number of methoxy groups -OCH3 is 1. The number of carbonyl (C=O) groups excluding carboxylic acids is 2. The van der Waals surface area contributed by atoms with Gasteiger partial charge in [0.15, 0.2) is 0 Å². The number of nitrogens with one attached hydrogen (secondary N) is 1. The van der Waals surface area contributed by atoms with E-state index in [2.05, 4.69) is 10.1 Å². The van der Waals surface area contributed by atoms with E-state index in [1.165, 1.54) is 13.2 Å². The molecule has 1 aromatic heterocycles. The first kappa shape index (κ1) is 18.1. The molecule has 126 valence electrons. The largest absolute Gasteiger partial charge is 0.465 e. The number of rotatable bonds is 5. The van der Waals surface area contributed by atoms with Gasteiger partial charge in [0.1, 0.15) is 17.1 Å². The summed E-state index contributed by atoms with van der Waals surface area (Å²) in [5, 5.41) is 3.53. The van der Waals surface area contributed by atoms with E-state index in [1.807, 2.05) is 0 Å². The quantitative estimate of drug-likeness (QED) is 0.640. The Morgan fingerprint density at radius 1 is 1.25 bits per heavy atom. The molecule has 1 amide bonds. The minimum atomic E-state index is -0.478. The minimum absolute atomic E-state index is 0.155. The number of carbonyl (C=O) groups is 2. The molecule has 0 atom stereocenters. The molecule has 0 saturated heterocycles. The summed E-state index contributed by atoms with van der Waals surface area (Å²) in [5.41, 5.74) is 1.09. The van der Waals surface area contributed by atoms with Crippen molar-refractivity contribution >= 4 is 41.2 Å². The third-order valence-electron chi connectivity index (χ3n) is 3.18. The smallest absolute Gasteiger partial charge is 0.341 e. The Labute approximate surface area is 149 Å². The van der Waals surface area contributed by atoms with Crippen molar-refractivity contribution in [3.63, 3.8) is 0 Å². The molecule has 0 unspecified atom stereocenters. The highest BCUT2D eigenvalue weighted by atomic mass is 35.5. The molecule has 1 heterocycles. The molecule has 0 saturated carbocycles. The molecule has 2 aromatic rings. The van der Waals surface area contributed by atoms with Gasteiger partial charge in [-0.15, -0.1) is 0 Å². The van der Waals surface area contributed by atoms with Crippen molar-refractivity contribution in [3.8, 4) is 0 Å². The molecule has 0 aliphatic heterocycles. The summed E-state index contributed by atoms with van der Waals surface area (Å²) in [6, 6.07) is 6.61. The molecule has 1 aromatic carbocycles. The Morgan fingerprint density at radius 3 is 2.67 bits per heavy atom. The standard InChI is InChI=1S/C17H15Cl2NO4/c1-10-13(17(22)23-2)8-12(24-10)9-20-16(21)6-4-11-3-5-14(18)15(19)7-11/h3-8H,9H2,1-2H3,(H,20,21)/b6-4+. The van der Waals surface area contributed by atoms with Crippen LogP contribution in [-0.2, 0) is 16.1 Å². The lowest BCUT2D eigenvalue weighted by molar-refractivity contribution is -0.116. The Bertz CT molecular complexity index is 796. The third-order valence-corrected chi connectivity index (χ3v) is 3.92. The van der Waals surface area contributed by atoms with E-state index in [9.17, 15) is 9.59 Å². The number of benzene rings is 1. The minimum Gasteiger partial charge on any atom is -0.465 e. The maximum Gasteiger partial charge on any atom is 0.341 e. The van der Waals surface area contributed by atoms with Crippen molar-refractivity contribution in [1.82, 2.24) is 5.32 Å². The second-order valence-corrected chi connectivity index (χ2v) is 5.71. The Morgan fingerprint density at radius 2 is 2.00 bits per heavy atom. The van der Waals surface area contributed by atoms with Gasteiger partial charge in [-0.3, -0.25) is 4.79 Å². The monoisotopic (exact) mass is 367 g/mol. The molecule has 0 spiro atoms. The first-order chi connectivity index (χ1) is 11.4. The molecule has 5 nitrogen and oxygen atoms in total. The van der Waals surface area contributed by atoms with E-state index < -0.39 is 5.97 Å². The molecular formula is C17H15Cl2NO4. The fraction of sp³-hybridized carbons (Fsp3) is 0.176. The van der Waals surface area contributed by atoms with Crippen molar-refractivity contribution in [2.24, 2.45) is 0 Å². The van der Waals surface area contributed by atoms with Gasteiger partial charge in [-0.1, -0.05) is 29.3 Å². The van der Waals surface area contributed by atoms with E-state index in [0.29, 0.717) is 27.1 Å². The van der Waals surface area contributed by atoms with Gasteiger partial charge >= 0.3 is 5.97 Å². The average Bonchev–Trinajstić information content (AvgIpc) is 2.94. The van der Waals surface area contributed by atoms with Gasteiger partial charge in [-0.2, -0.15) is 0 Å². The summed E-state index contributed by atoms with van der Waals surface area (Å²) >= 11 is 11.7. The zero-order chi connectivity index (χ0) is 17.7. The van der Waals surface area contributed by atoms with E-state index in [4.69, 9.17) is 27.6 Å². The van der Waals surface area contributed by atoms with Crippen LogP contribution >= 0.6 is 23.2 Å². The summed E-state index contributed by atoms with van der Waals surface area (Å²) in [7, 11) is 1.30. The van der Waals surface area contributed by atoms with Crippen LogP contribution in [0.5, 0.6) is 0 Å². The van der Waals surface area contributed by atoms with Crippen molar-refractivity contribution in [2.45, 2.75) is 13.5 Å². The zero-order valence-electron chi connectivity index (χ0n) is 13.1. The van der Waals surface area contributed by atoms with Gasteiger partial charge in [0.25, 0.3) is 0 Å². The maximum atomic E-state index is 11.8. The van der Waals surface area contributed by atoms with Crippen molar-refractivity contribution < 1.29 is 18.7 Å². The predicted molar refractivity (Wildman–Crippen MR) is 92.1 cm³/mol. The SMILES string of the molecule is COC(=O)c1cc(CNC(=O)/C=C/c2ccc(Cl)c(Cl)c2)oc1C. The second kappa shape index (κ2) is 8.04. The van der Waals surface area contributed by atoms with Gasteiger partial charge in [-0.25, -0.2) is 4.79 Å². The van der Waals surface area contributed by atoms with Crippen LogP contribution in [0.3, 0.4) is 0 Å². The molecule has 2 rings (SSSR count). The van der Waals surface area contributed by atoms with Gasteiger partial charge in [0.05, 0.1) is 23.7 Å². The van der Waals surface area contributed by atoms with Gasteiger partial charge in [0.2, 0.25) is 5.91 Å². The molecule has 7 heteroatoms. The number of furan rings is 1. The van der Waals surface area contributed by atoms with Crippen LogP contribution in [0.15, 0.2) is 34.8 Å². The van der Waals surface area contributed by atoms with Gasteiger partial charge in [-0.05, 0) is 36.8 Å². The predicted octanol–water partition coefficient (Wildman–Crippen LogP) is 4.01. The summed E-state index contributed by atoms with van der Waals surface area (Å²) in [6.07, 6.45) is 2.99. The first-order valence-electron chi connectivity index (χ1n) is 6.99. The highest BCUT2D eigenvalue weighted by Gasteiger charge is 2.15. The Kier molecular flexibility index (Phi) is 6.06. The number of hydrogen-bond donors (Lipinski definition) is 1. The summed E-state index contributed by atoms with van der Waals surface area (Å²) in [5.74, 6) is 0.115. The second-order valence-electron chi connectivity index (χ2n) is 4.90. The molecule has 1 N–H and O–H groups in total. The Balaban J connectivity index is 1.94. The van der Waals surface area contributed by atoms with Crippen LogP contribution in [0, 0.1) is 6.92 Å². The number of hydrogen-bond acceptors (Lipinski definition) is 4. The molecule has 0 aliphatic carbocycles. The fourth-order valence-corrected chi connectivity index (χ4v) is 2.27. The molecule has 0 bridgehead atoms. The van der Waals surface area contributed by atoms with Gasteiger partial charge in [0, 0.05) is 6.08 Å². The van der Waals surface area contributed by atoms with Crippen LogP contribution in [0.25, 0.3) is 6.08 Å². The highest BCUT2D eigenvalue weighted by molar-refractivity contribution is 6.42. The third kappa shape index (κ3) is 4.63. The maximum absolute atomic E-state index is 11.8. The number of ether oxygens (including phenoxy) is 1. The molecule has 0 fully saturated rings. The summed E-state index contributed by atoms with van der Waals surface area (Å²) < 4.78 is 10.1. The van der Waals surface area contributed by atoms with Crippen LogP contribution in [-0.4, -0.2) is 19.0 Å². The molecular weight excluding hydrogens is 353 g/mol. The Hall–Kier alpha value is -2.24. The number of aryl methyl sites for hydroxylation is 1. The summed E-state index contributed by atoms with van der Waals surface area (Å²) in [6.45, 7) is 1.81. The molecule has 0 radical (unpaired) electrons. The number of esters is 1. The fourth-order valence-electron chi connectivity index (χ4n) is 1.96. The van der Waals surface area contributed by atoms with Crippen LogP contribution in [0.2, 0.25) is 10.0 Å². The first-order valence-corrected chi connectivity index (χ1v) is 7.75. The lowest BCUT2D eigenvalue weighted by Gasteiger charge is -2.00. The topological polar surface area (TPSA) is 68.5 Å². The average molecular weight is 368 g/mol. The van der Waals surface area contributed by atoms with Crippen molar-refractivity contribution in [3.05, 3.63) is 63.0 Å². The van der Waals surface area contributed by atoms with E-state index in [1.54, 1.807) is 37.3 Å². The van der Waals surface area contributed by atoms with E-state index in [-0.39, 0.29) is 12.5 Å².